The van der Waals surface area contributed by atoms with Gasteiger partial charge in [-0.3, -0.25) is 9.59 Å². The summed E-state index contributed by atoms with van der Waals surface area (Å²) < 4.78 is 7.02. The number of benzene rings is 1. The number of rotatable bonds is 7. The van der Waals surface area contributed by atoms with Gasteiger partial charge < -0.3 is 15.4 Å². The topological polar surface area (TPSA) is 98.1 Å². The van der Waals surface area contributed by atoms with Crippen molar-refractivity contribution >= 4 is 11.9 Å². The van der Waals surface area contributed by atoms with Gasteiger partial charge >= 0.3 is 5.97 Å². The molecule has 1 saturated heterocycles. The lowest BCUT2D eigenvalue weighted by Crippen LogP contribution is -2.33. The Morgan fingerprint density at radius 2 is 2.00 bits per heavy atom. The summed E-state index contributed by atoms with van der Waals surface area (Å²) >= 11 is 0. The maximum absolute atomic E-state index is 12.7. The molecule has 0 aliphatic carbocycles. The number of hydrogen-bond acceptors (Lipinski definition) is 6. The molecule has 150 valence electrons. The number of nitrogens with zero attached hydrogens (tertiary/aromatic N) is 3. The number of carbonyl (C=O) groups is 2. The number of carbonyl (C=O) groups excluding carboxylic acids is 2. The first-order valence-corrected chi connectivity index (χ1v) is 9.74. The minimum atomic E-state index is -0.565. The van der Waals surface area contributed by atoms with E-state index in [0.29, 0.717) is 12.3 Å². The van der Waals surface area contributed by atoms with Gasteiger partial charge in [0.25, 0.3) is 5.91 Å². The van der Waals surface area contributed by atoms with Gasteiger partial charge in [-0.2, -0.15) is 0 Å². The number of piperidine rings is 1. The molecule has 28 heavy (non-hydrogen) atoms. The van der Waals surface area contributed by atoms with Crippen LogP contribution in [0.4, 0.5) is 0 Å². The highest BCUT2D eigenvalue weighted by molar-refractivity contribution is 5.93. The van der Waals surface area contributed by atoms with E-state index >= 15 is 0 Å². The molecule has 0 bridgehead atoms. The van der Waals surface area contributed by atoms with Gasteiger partial charge in [-0.05, 0) is 45.3 Å². The van der Waals surface area contributed by atoms with E-state index in [9.17, 15) is 9.59 Å². The van der Waals surface area contributed by atoms with Crippen LogP contribution >= 0.6 is 0 Å². The van der Waals surface area contributed by atoms with Crippen molar-refractivity contribution in [2.45, 2.75) is 38.6 Å². The van der Waals surface area contributed by atoms with Gasteiger partial charge in [0.05, 0.1) is 24.3 Å². The highest BCUT2D eigenvalue weighted by Gasteiger charge is 2.26. The molecule has 1 fully saturated rings. The van der Waals surface area contributed by atoms with Gasteiger partial charge in [0.2, 0.25) is 0 Å². The molecular weight excluding hydrogens is 358 g/mol. The first-order valence-electron chi connectivity index (χ1n) is 9.74. The molecule has 1 aliphatic heterocycles. The van der Waals surface area contributed by atoms with Crippen molar-refractivity contribution in [1.82, 2.24) is 25.6 Å². The first kappa shape index (κ1) is 20.0. The monoisotopic (exact) mass is 385 g/mol. The van der Waals surface area contributed by atoms with Crippen molar-refractivity contribution in [3.63, 3.8) is 0 Å². The maximum atomic E-state index is 12.7. The lowest BCUT2D eigenvalue weighted by molar-refractivity contribution is -0.144. The van der Waals surface area contributed by atoms with Gasteiger partial charge in [-0.25, -0.2) is 4.68 Å². The number of hydrogen-bond donors (Lipinski definition) is 2. The highest BCUT2D eigenvalue weighted by atomic mass is 16.5. The molecule has 0 radical (unpaired) electrons. The number of nitrogens with one attached hydrogen (secondary N) is 2. The lowest BCUT2D eigenvalue weighted by atomic mass is 9.99. The number of esters is 1. The van der Waals surface area contributed by atoms with Crippen LogP contribution in [0, 0.1) is 6.92 Å². The molecule has 3 rings (SSSR count). The van der Waals surface area contributed by atoms with Crippen molar-refractivity contribution in [3.8, 4) is 0 Å². The predicted octanol–water partition coefficient (Wildman–Crippen LogP) is 1.59. The van der Waals surface area contributed by atoms with Gasteiger partial charge in [0.15, 0.2) is 5.69 Å². The Labute approximate surface area is 164 Å². The van der Waals surface area contributed by atoms with Gasteiger partial charge in [-0.1, -0.05) is 35.5 Å². The van der Waals surface area contributed by atoms with Crippen LogP contribution in [-0.2, 0) is 9.53 Å². The predicted molar refractivity (Wildman–Crippen MR) is 104 cm³/mol. The Morgan fingerprint density at radius 3 is 2.68 bits per heavy atom. The van der Waals surface area contributed by atoms with Crippen LogP contribution < -0.4 is 10.6 Å². The molecule has 1 amide bonds. The third-order valence-corrected chi connectivity index (χ3v) is 5.04. The van der Waals surface area contributed by atoms with Crippen molar-refractivity contribution in [2.75, 3.05) is 26.2 Å². The molecule has 8 nitrogen and oxygen atoms in total. The van der Waals surface area contributed by atoms with E-state index in [1.165, 1.54) is 0 Å². The summed E-state index contributed by atoms with van der Waals surface area (Å²) in [4.78, 5) is 25.0. The molecule has 0 spiro atoms. The third-order valence-electron chi connectivity index (χ3n) is 5.04. The number of aromatic nitrogens is 3. The van der Waals surface area contributed by atoms with Crippen LogP contribution in [-0.4, -0.2) is 53.1 Å². The summed E-state index contributed by atoms with van der Waals surface area (Å²) in [5.74, 6) is -1.25. The van der Waals surface area contributed by atoms with Gasteiger partial charge in [0.1, 0.15) is 0 Å². The zero-order valence-electron chi connectivity index (χ0n) is 16.4. The number of ether oxygens (including phenoxy) is 1. The summed E-state index contributed by atoms with van der Waals surface area (Å²) in [6.07, 6.45) is 1.92. The van der Waals surface area contributed by atoms with E-state index in [-0.39, 0.29) is 24.5 Å². The molecule has 1 atom stereocenters. The maximum Gasteiger partial charge on any atom is 0.315 e. The van der Waals surface area contributed by atoms with E-state index < -0.39 is 5.92 Å². The standard InChI is InChI=1S/C20H27N5O3/c1-3-28-20(27)17(15-7-5-4-6-8-15)13-22-19(26)18-14(2)25(24-23-18)16-9-11-21-12-10-16/h4-8,16-17,21H,3,9-13H2,1-2H3,(H,22,26). The van der Waals surface area contributed by atoms with Crippen LogP contribution in [0.1, 0.15) is 53.5 Å². The molecule has 2 aromatic rings. The van der Waals surface area contributed by atoms with E-state index in [2.05, 4.69) is 20.9 Å². The minimum absolute atomic E-state index is 0.140. The summed E-state index contributed by atoms with van der Waals surface area (Å²) in [6, 6.07) is 9.56. The zero-order valence-corrected chi connectivity index (χ0v) is 16.4. The molecule has 8 heteroatoms. The second-order valence-corrected chi connectivity index (χ2v) is 6.87. The minimum Gasteiger partial charge on any atom is -0.465 e. The van der Waals surface area contributed by atoms with E-state index in [1.807, 2.05) is 41.9 Å². The molecule has 1 unspecified atom stereocenters. The van der Waals surface area contributed by atoms with Crippen LogP contribution in [0.5, 0.6) is 0 Å². The second kappa shape index (κ2) is 9.45. The average molecular weight is 385 g/mol. The Kier molecular flexibility index (Phi) is 6.76. The molecule has 2 N–H and O–H groups in total. The third kappa shape index (κ3) is 4.56. The molecule has 1 aromatic carbocycles. The van der Waals surface area contributed by atoms with Crippen LogP contribution in [0.15, 0.2) is 30.3 Å². The summed E-state index contributed by atoms with van der Waals surface area (Å²) in [5, 5.41) is 14.4. The van der Waals surface area contributed by atoms with Crippen LogP contribution in [0.3, 0.4) is 0 Å². The Morgan fingerprint density at radius 1 is 1.29 bits per heavy atom. The fraction of sp³-hybridized carbons (Fsp3) is 0.500. The lowest BCUT2D eigenvalue weighted by Gasteiger charge is -2.23. The molecule has 1 aromatic heterocycles. The SMILES string of the molecule is CCOC(=O)C(CNC(=O)c1nnn(C2CCNCC2)c1C)c1ccccc1. The van der Waals surface area contributed by atoms with E-state index in [0.717, 1.165) is 37.2 Å². The van der Waals surface area contributed by atoms with Crippen molar-refractivity contribution in [3.05, 3.63) is 47.3 Å². The normalized spacial score (nSPS) is 15.8. The average Bonchev–Trinajstić information content (AvgIpc) is 3.11. The van der Waals surface area contributed by atoms with Crippen LogP contribution in [0.2, 0.25) is 0 Å². The van der Waals surface area contributed by atoms with Gasteiger partial charge in [-0.15, -0.1) is 5.10 Å². The van der Waals surface area contributed by atoms with E-state index in [4.69, 9.17) is 4.74 Å². The Bertz CT molecular complexity index is 799. The molecule has 2 heterocycles. The van der Waals surface area contributed by atoms with Crippen molar-refractivity contribution < 1.29 is 14.3 Å². The Hall–Kier alpha value is -2.74. The second-order valence-electron chi connectivity index (χ2n) is 6.87. The fourth-order valence-corrected chi connectivity index (χ4v) is 3.49. The largest absolute Gasteiger partial charge is 0.465 e. The smallest absolute Gasteiger partial charge is 0.315 e. The highest BCUT2D eigenvalue weighted by Crippen LogP contribution is 2.21. The number of amides is 1. The van der Waals surface area contributed by atoms with Crippen molar-refractivity contribution in [1.29, 1.82) is 0 Å². The molecule has 0 saturated carbocycles. The summed E-state index contributed by atoms with van der Waals surface area (Å²) in [7, 11) is 0. The molecule has 1 aliphatic rings. The van der Waals surface area contributed by atoms with Crippen LogP contribution in [0.25, 0.3) is 0 Å². The van der Waals surface area contributed by atoms with Gasteiger partial charge in [0, 0.05) is 6.54 Å². The zero-order chi connectivity index (χ0) is 19.9. The first-order chi connectivity index (χ1) is 13.6. The quantitative estimate of drug-likeness (QED) is 0.703. The summed E-state index contributed by atoms with van der Waals surface area (Å²) in [5.41, 5.74) is 1.85. The fourth-order valence-electron chi connectivity index (χ4n) is 3.49. The van der Waals surface area contributed by atoms with E-state index in [1.54, 1.807) is 6.92 Å². The summed E-state index contributed by atoms with van der Waals surface area (Å²) in [6.45, 7) is 5.92. The molecular formula is C20H27N5O3. The Balaban J connectivity index is 1.69. The van der Waals surface area contributed by atoms with Crippen molar-refractivity contribution in [2.24, 2.45) is 0 Å².